The predicted octanol–water partition coefficient (Wildman–Crippen LogP) is 1.97. The number of carbonyl (C=O) groups is 1. The van der Waals surface area contributed by atoms with E-state index >= 15 is 0 Å². The van der Waals surface area contributed by atoms with Crippen molar-refractivity contribution in [1.82, 2.24) is 4.31 Å². The molecule has 1 aromatic rings. The molecule has 0 amide bonds. The number of aromatic carboxylic acids is 1. The highest BCUT2D eigenvalue weighted by molar-refractivity contribution is 7.89. The summed E-state index contributed by atoms with van der Waals surface area (Å²) in [7, 11) is -2.34. The molecule has 0 aliphatic carbocycles. The molecule has 0 aliphatic heterocycles. The number of unbranched alkanes of at least 4 members (excludes halogenated alkanes) is 1. The summed E-state index contributed by atoms with van der Waals surface area (Å²) >= 11 is 0. The van der Waals surface area contributed by atoms with Gasteiger partial charge in [-0.1, -0.05) is 18.2 Å². The second-order valence-corrected chi connectivity index (χ2v) is 6.07. The molecule has 0 aromatic heterocycles. The number of benzene rings is 1. The number of hydrogen-bond donors (Lipinski definition) is 1. The Hall–Kier alpha value is -1.66. The Morgan fingerprint density at radius 1 is 1.42 bits per heavy atom. The number of sulfonamides is 1. The molecule has 0 fully saturated rings. The van der Waals surface area contributed by atoms with Gasteiger partial charge in [0.2, 0.25) is 10.0 Å². The molecule has 0 saturated carbocycles. The topological polar surface area (TPSA) is 74.7 Å². The lowest BCUT2D eigenvalue weighted by Crippen LogP contribution is -2.29. The van der Waals surface area contributed by atoms with Crippen LogP contribution in [-0.4, -0.2) is 37.4 Å². The van der Waals surface area contributed by atoms with Crippen LogP contribution in [0, 0.1) is 0 Å². The van der Waals surface area contributed by atoms with Crippen LogP contribution in [0.4, 0.5) is 0 Å². The van der Waals surface area contributed by atoms with Crippen LogP contribution in [0.3, 0.4) is 0 Å². The van der Waals surface area contributed by atoms with Crippen molar-refractivity contribution in [2.24, 2.45) is 0 Å². The summed E-state index contributed by atoms with van der Waals surface area (Å²) in [6.45, 7) is 3.89. The minimum Gasteiger partial charge on any atom is -0.478 e. The number of rotatable bonds is 7. The molecule has 104 valence electrons. The first-order valence-corrected chi connectivity index (χ1v) is 7.25. The van der Waals surface area contributed by atoms with Gasteiger partial charge in [-0.05, 0) is 25.0 Å². The highest BCUT2D eigenvalue weighted by Gasteiger charge is 2.25. The molecule has 6 heteroatoms. The zero-order chi connectivity index (χ0) is 14.5. The van der Waals surface area contributed by atoms with E-state index in [1.165, 1.54) is 31.3 Å². The largest absolute Gasteiger partial charge is 0.478 e. The van der Waals surface area contributed by atoms with Crippen LogP contribution in [0.2, 0.25) is 0 Å². The average Bonchev–Trinajstić information content (AvgIpc) is 2.38. The highest BCUT2D eigenvalue weighted by atomic mass is 32.2. The fourth-order valence-corrected chi connectivity index (χ4v) is 3.00. The molecule has 19 heavy (non-hydrogen) atoms. The van der Waals surface area contributed by atoms with Gasteiger partial charge in [0.25, 0.3) is 0 Å². The maximum Gasteiger partial charge on any atom is 0.337 e. The third-order valence-electron chi connectivity index (χ3n) is 2.69. The van der Waals surface area contributed by atoms with Crippen molar-refractivity contribution in [3.63, 3.8) is 0 Å². The summed E-state index contributed by atoms with van der Waals surface area (Å²) in [5.74, 6) is -1.25. The average molecular weight is 283 g/mol. The molecule has 0 saturated heterocycles. The first kappa shape index (κ1) is 15.4. The SMILES string of the molecule is C=CCCCN(C)S(=O)(=O)c1ccccc1C(=O)O. The summed E-state index contributed by atoms with van der Waals surface area (Å²) in [6, 6.07) is 5.60. The molecule has 0 radical (unpaired) electrons. The predicted molar refractivity (Wildman–Crippen MR) is 72.6 cm³/mol. The number of hydrogen-bond acceptors (Lipinski definition) is 3. The number of nitrogens with zero attached hydrogens (tertiary/aromatic N) is 1. The Bertz CT molecular complexity index is 566. The lowest BCUT2D eigenvalue weighted by Gasteiger charge is -2.17. The summed E-state index contributed by atoms with van der Waals surface area (Å²) in [4.78, 5) is 10.9. The minimum absolute atomic E-state index is 0.177. The number of carboxylic acids is 1. The van der Waals surface area contributed by atoms with Gasteiger partial charge < -0.3 is 5.11 Å². The normalized spacial score (nSPS) is 11.5. The maximum absolute atomic E-state index is 12.3. The summed E-state index contributed by atoms with van der Waals surface area (Å²) in [5, 5.41) is 9.03. The maximum atomic E-state index is 12.3. The molecule has 0 spiro atoms. The molecular weight excluding hydrogens is 266 g/mol. The van der Waals surface area contributed by atoms with Gasteiger partial charge in [0.1, 0.15) is 0 Å². The third kappa shape index (κ3) is 3.65. The lowest BCUT2D eigenvalue weighted by molar-refractivity contribution is 0.0692. The Kier molecular flexibility index (Phi) is 5.26. The van der Waals surface area contributed by atoms with Crippen LogP contribution >= 0.6 is 0 Å². The van der Waals surface area contributed by atoms with Gasteiger partial charge in [-0.25, -0.2) is 17.5 Å². The fraction of sp³-hybridized carbons (Fsp3) is 0.308. The number of carboxylic acid groups (broad SMARTS) is 1. The van der Waals surface area contributed by atoms with Crippen molar-refractivity contribution >= 4 is 16.0 Å². The third-order valence-corrected chi connectivity index (χ3v) is 4.60. The zero-order valence-electron chi connectivity index (χ0n) is 10.7. The quantitative estimate of drug-likeness (QED) is 0.613. The first-order valence-electron chi connectivity index (χ1n) is 5.81. The van der Waals surface area contributed by atoms with E-state index in [0.717, 1.165) is 4.31 Å². The minimum atomic E-state index is -3.78. The van der Waals surface area contributed by atoms with E-state index in [2.05, 4.69) is 6.58 Å². The second kappa shape index (κ2) is 6.49. The molecule has 1 N–H and O–H groups in total. The number of allylic oxidation sites excluding steroid dienone is 1. The smallest absolute Gasteiger partial charge is 0.337 e. The molecule has 0 bridgehead atoms. The molecule has 0 atom stereocenters. The molecule has 0 heterocycles. The summed E-state index contributed by atoms with van der Waals surface area (Å²) in [5.41, 5.74) is -0.210. The molecule has 1 rings (SSSR count). The molecule has 1 aromatic carbocycles. The van der Waals surface area contributed by atoms with E-state index < -0.39 is 16.0 Å². The van der Waals surface area contributed by atoms with Gasteiger partial charge in [0.15, 0.2) is 0 Å². The zero-order valence-corrected chi connectivity index (χ0v) is 11.6. The van der Waals surface area contributed by atoms with Gasteiger partial charge in [-0.15, -0.1) is 6.58 Å². The van der Waals surface area contributed by atoms with E-state index in [1.807, 2.05) is 0 Å². The van der Waals surface area contributed by atoms with Crippen molar-refractivity contribution in [2.75, 3.05) is 13.6 Å². The molecule has 0 unspecified atom stereocenters. The van der Waals surface area contributed by atoms with Gasteiger partial charge in [0.05, 0.1) is 10.5 Å². The molecule has 0 aliphatic rings. The van der Waals surface area contributed by atoms with Gasteiger partial charge in [0, 0.05) is 13.6 Å². The summed E-state index contributed by atoms with van der Waals surface area (Å²) in [6.07, 6.45) is 3.07. The van der Waals surface area contributed by atoms with Crippen molar-refractivity contribution in [2.45, 2.75) is 17.7 Å². The van der Waals surface area contributed by atoms with Crippen molar-refractivity contribution < 1.29 is 18.3 Å². The highest BCUT2D eigenvalue weighted by Crippen LogP contribution is 2.19. The van der Waals surface area contributed by atoms with Crippen molar-refractivity contribution in [3.05, 3.63) is 42.5 Å². The Morgan fingerprint density at radius 2 is 2.05 bits per heavy atom. The van der Waals surface area contributed by atoms with Crippen LogP contribution in [-0.2, 0) is 10.0 Å². The Balaban J connectivity index is 3.06. The monoisotopic (exact) mass is 283 g/mol. The Labute approximate surface area is 113 Å². The summed E-state index contributed by atoms with van der Waals surface area (Å²) < 4.78 is 25.7. The first-order chi connectivity index (χ1) is 8.91. The Morgan fingerprint density at radius 3 is 2.63 bits per heavy atom. The fourth-order valence-electron chi connectivity index (χ4n) is 1.61. The van der Waals surface area contributed by atoms with E-state index in [-0.39, 0.29) is 10.5 Å². The lowest BCUT2D eigenvalue weighted by atomic mass is 10.2. The van der Waals surface area contributed by atoms with E-state index in [9.17, 15) is 13.2 Å². The van der Waals surface area contributed by atoms with Crippen LogP contribution < -0.4 is 0 Å². The van der Waals surface area contributed by atoms with Gasteiger partial charge in [-0.3, -0.25) is 0 Å². The van der Waals surface area contributed by atoms with Crippen LogP contribution in [0.1, 0.15) is 23.2 Å². The second-order valence-electron chi connectivity index (χ2n) is 4.06. The van der Waals surface area contributed by atoms with Crippen molar-refractivity contribution in [3.8, 4) is 0 Å². The molecule has 5 nitrogen and oxygen atoms in total. The molecular formula is C13H17NO4S. The van der Waals surface area contributed by atoms with E-state index in [0.29, 0.717) is 19.4 Å². The van der Waals surface area contributed by atoms with Crippen LogP contribution in [0.15, 0.2) is 41.8 Å². The van der Waals surface area contributed by atoms with Crippen LogP contribution in [0.25, 0.3) is 0 Å². The van der Waals surface area contributed by atoms with E-state index in [1.54, 1.807) is 6.08 Å². The van der Waals surface area contributed by atoms with Crippen LogP contribution in [0.5, 0.6) is 0 Å². The van der Waals surface area contributed by atoms with Gasteiger partial charge >= 0.3 is 5.97 Å². The van der Waals surface area contributed by atoms with Gasteiger partial charge in [-0.2, -0.15) is 0 Å². The van der Waals surface area contributed by atoms with Crippen molar-refractivity contribution in [1.29, 1.82) is 0 Å². The standard InChI is InChI=1S/C13H17NO4S/c1-3-4-7-10-14(2)19(17,18)12-9-6-5-8-11(12)13(15)16/h3,5-6,8-9H,1,4,7,10H2,2H3,(H,15,16). The van der Waals surface area contributed by atoms with E-state index in [4.69, 9.17) is 5.11 Å².